The van der Waals surface area contributed by atoms with Crippen molar-refractivity contribution in [3.8, 4) is 0 Å². The van der Waals surface area contributed by atoms with E-state index < -0.39 is 17.0 Å². The van der Waals surface area contributed by atoms with Crippen LogP contribution in [0.1, 0.15) is 50.5 Å². The number of thioether (sulfide) groups is 2. The van der Waals surface area contributed by atoms with Crippen LogP contribution >= 0.6 is 23.5 Å². The van der Waals surface area contributed by atoms with E-state index in [2.05, 4.69) is 39.8 Å². The first-order valence-electron chi connectivity index (χ1n) is 15.2. The number of benzene rings is 2. The van der Waals surface area contributed by atoms with E-state index in [0.29, 0.717) is 22.4 Å². The second-order valence-electron chi connectivity index (χ2n) is 11.3. The Morgan fingerprint density at radius 3 is 2.31 bits per heavy atom. The number of hydrogen-bond acceptors (Lipinski definition) is 6. The molecule has 2 aliphatic rings. The van der Waals surface area contributed by atoms with Crippen molar-refractivity contribution >= 4 is 46.3 Å². The summed E-state index contributed by atoms with van der Waals surface area (Å²) < 4.78 is 14.9. The molecule has 2 N–H and O–H groups in total. The fourth-order valence-corrected chi connectivity index (χ4v) is 8.92. The minimum absolute atomic E-state index is 0.0305. The second kappa shape index (κ2) is 18.1. The lowest BCUT2D eigenvalue weighted by Gasteiger charge is -2.33. The van der Waals surface area contributed by atoms with E-state index in [1.54, 1.807) is 16.1 Å². The summed E-state index contributed by atoms with van der Waals surface area (Å²) in [6, 6.07) is 19.2. The molecule has 10 heteroatoms. The first-order chi connectivity index (χ1) is 20.5. The number of carbonyl (C=O) groups excluding carboxylic acids is 2. The molecule has 4 rings (SSSR count). The van der Waals surface area contributed by atoms with Gasteiger partial charge >= 0.3 is 0 Å². The Morgan fingerprint density at radius 2 is 1.64 bits per heavy atom. The molecule has 2 atom stereocenters. The van der Waals surface area contributed by atoms with Gasteiger partial charge in [0.05, 0.1) is 17.3 Å². The Balaban J connectivity index is 1.32. The molecule has 0 radical (unpaired) electrons. The molecular weight excluding hydrogens is 585 g/mol. The normalized spacial score (nSPS) is 18.4. The number of likely N-dealkylation sites (tertiary alicyclic amines) is 1. The molecule has 2 amide bonds. The first-order valence-corrected chi connectivity index (χ1v) is 18.8. The molecular formula is C32H46N4O3S3. The fourth-order valence-electron chi connectivity index (χ4n) is 5.65. The van der Waals surface area contributed by atoms with Crippen molar-refractivity contribution < 1.29 is 13.8 Å². The topological polar surface area (TPSA) is 81.8 Å². The summed E-state index contributed by atoms with van der Waals surface area (Å²) in [5, 5.41) is 6.27. The quantitative estimate of drug-likeness (QED) is 0.272. The number of rotatable bonds is 15. The molecule has 1 saturated carbocycles. The lowest BCUT2D eigenvalue weighted by atomic mass is 9.91. The molecule has 1 aliphatic heterocycles. The van der Waals surface area contributed by atoms with Crippen molar-refractivity contribution in [1.29, 1.82) is 0 Å². The maximum atomic E-state index is 13.5. The van der Waals surface area contributed by atoms with E-state index >= 15 is 0 Å². The SMILES string of the molecule is CSCN(CC(=O)N[C@@H](CSCC1CCCCC1)C(=O)NC1CCN(Cc2ccccc2)CC1)S(=O)c1ccccc1. The standard InChI is InChI=1S/C32H46N4O3S3/c1-40-25-36(42(39)29-15-9-4-10-16-29)22-31(37)34-30(24-41-23-27-13-7-3-8-14-27)32(38)33-28-17-19-35(20-18-28)21-26-11-5-2-6-12-26/h2,4-6,9-12,15-16,27-28,30H,3,7-8,13-14,17-25H2,1H3,(H,33,38)(H,34,37)/t30-,42?/m0/s1. The molecule has 2 aromatic rings. The van der Waals surface area contributed by atoms with Crippen molar-refractivity contribution in [3.63, 3.8) is 0 Å². The summed E-state index contributed by atoms with van der Waals surface area (Å²) in [4.78, 5) is 29.9. The van der Waals surface area contributed by atoms with Crippen LogP contribution in [0.3, 0.4) is 0 Å². The average Bonchev–Trinajstić information content (AvgIpc) is 3.02. The molecule has 1 unspecified atom stereocenters. The van der Waals surface area contributed by atoms with Crippen LogP contribution < -0.4 is 10.6 Å². The van der Waals surface area contributed by atoms with Crippen LogP contribution in [0.25, 0.3) is 0 Å². The third-order valence-corrected chi connectivity index (χ3v) is 11.4. The van der Waals surface area contributed by atoms with Crippen molar-refractivity contribution in [2.45, 2.75) is 68.5 Å². The highest BCUT2D eigenvalue weighted by Gasteiger charge is 2.28. The molecule has 0 spiro atoms. The molecule has 2 fully saturated rings. The van der Waals surface area contributed by atoms with E-state index in [0.717, 1.165) is 38.2 Å². The summed E-state index contributed by atoms with van der Waals surface area (Å²) >= 11 is 3.29. The minimum Gasteiger partial charge on any atom is -0.351 e. The van der Waals surface area contributed by atoms with Crippen molar-refractivity contribution in [2.75, 3.05) is 43.3 Å². The summed E-state index contributed by atoms with van der Waals surface area (Å²) in [7, 11) is -1.46. The maximum Gasteiger partial charge on any atom is 0.243 e. The molecule has 0 aromatic heterocycles. The van der Waals surface area contributed by atoms with E-state index in [-0.39, 0.29) is 24.4 Å². The van der Waals surface area contributed by atoms with Crippen molar-refractivity contribution in [3.05, 3.63) is 66.2 Å². The van der Waals surface area contributed by atoms with Gasteiger partial charge < -0.3 is 10.6 Å². The van der Waals surface area contributed by atoms with Gasteiger partial charge in [-0.15, -0.1) is 11.8 Å². The fraction of sp³-hybridized carbons (Fsp3) is 0.562. The van der Waals surface area contributed by atoms with Crippen LogP contribution in [0.15, 0.2) is 65.6 Å². The molecule has 2 aromatic carbocycles. The Labute approximate surface area is 262 Å². The maximum absolute atomic E-state index is 13.5. The highest BCUT2D eigenvalue weighted by molar-refractivity contribution is 7.99. The number of nitrogens with one attached hydrogen (secondary N) is 2. The number of nitrogens with zero attached hydrogens (tertiary/aromatic N) is 2. The lowest BCUT2D eigenvalue weighted by molar-refractivity contribution is -0.129. The zero-order valence-electron chi connectivity index (χ0n) is 24.7. The molecule has 1 heterocycles. The zero-order valence-corrected chi connectivity index (χ0v) is 27.2. The summed E-state index contributed by atoms with van der Waals surface area (Å²) in [6.45, 7) is 2.76. The summed E-state index contributed by atoms with van der Waals surface area (Å²) in [6.07, 6.45) is 10.1. The monoisotopic (exact) mass is 630 g/mol. The van der Waals surface area contributed by atoms with Gasteiger partial charge in [-0.25, -0.2) is 8.51 Å². The van der Waals surface area contributed by atoms with Gasteiger partial charge in [0.25, 0.3) is 0 Å². The van der Waals surface area contributed by atoms with E-state index in [1.807, 2.05) is 42.7 Å². The minimum atomic E-state index is -1.46. The zero-order chi connectivity index (χ0) is 29.6. The van der Waals surface area contributed by atoms with Crippen LogP contribution in [0.5, 0.6) is 0 Å². The van der Waals surface area contributed by atoms with Gasteiger partial charge in [0.2, 0.25) is 11.8 Å². The average molecular weight is 631 g/mol. The molecule has 7 nitrogen and oxygen atoms in total. The molecule has 1 aliphatic carbocycles. The van der Waals surface area contributed by atoms with Gasteiger partial charge in [-0.2, -0.15) is 11.8 Å². The molecule has 1 saturated heterocycles. The second-order valence-corrected chi connectivity index (χ2v) is 14.7. The lowest BCUT2D eigenvalue weighted by Crippen LogP contribution is -2.54. The van der Waals surface area contributed by atoms with Crippen LogP contribution in [0.4, 0.5) is 0 Å². The van der Waals surface area contributed by atoms with Gasteiger partial charge in [-0.05, 0) is 61.3 Å². The Bertz CT molecular complexity index is 1110. The third-order valence-electron chi connectivity index (χ3n) is 7.97. The molecule has 230 valence electrons. The van der Waals surface area contributed by atoms with E-state index in [4.69, 9.17) is 0 Å². The van der Waals surface area contributed by atoms with Gasteiger partial charge in [0.1, 0.15) is 17.0 Å². The first kappa shape index (κ1) is 33.1. The van der Waals surface area contributed by atoms with Gasteiger partial charge in [0, 0.05) is 31.4 Å². The van der Waals surface area contributed by atoms with Crippen molar-refractivity contribution in [2.24, 2.45) is 5.92 Å². The summed E-state index contributed by atoms with van der Waals surface area (Å²) in [5.41, 5.74) is 1.31. The largest absolute Gasteiger partial charge is 0.351 e. The number of piperidine rings is 1. The third kappa shape index (κ3) is 11.0. The highest BCUT2D eigenvalue weighted by atomic mass is 32.2. The predicted molar refractivity (Wildman–Crippen MR) is 177 cm³/mol. The van der Waals surface area contributed by atoms with Crippen LogP contribution in [-0.2, 0) is 27.1 Å². The van der Waals surface area contributed by atoms with Crippen molar-refractivity contribution in [1.82, 2.24) is 19.8 Å². The summed E-state index contributed by atoms with van der Waals surface area (Å²) in [5.74, 6) is 2.33. The van der Waals surface area contributed by atoms with Gasteiger partial charge in [-0.3, -0.25) is 14.5 Å². The Kier molecular flexibility index (Phi) is 14.2. The number of amides is 2. The number of hydrogen-bond donors (Lipinski definition) is 2. The predicted octanol–water partition coefficient (Wildman–Crippen LogP) is 4.91. The van der Waals surface area contributed by atoms with Gasteiger partial charge in [-0.1, -0.05) is 67.8 Å². The number of carbonyl (C=O) groups is 2. The Morgan fingerprint density at radius 1 is 0.976 bits per heavy atom. The highest BCUT2D eigenvalue weighted by Crippen LogP contribution is 2.27. The molecule has 42 heavy (non-hydrogen) atoms. The molecule has 0 bridgehead atoms. The van der Waals surface area contributed by atoms with Crippen LogP contribution in [-0.4, -0.2) is 80.6 Å². The van der Waals surface area contributed by atoms with E-state index in [9.17, 15) is 13.8 Å². The van der Waals surface area contributed by atoms with Gasteiger partial charge in [0.15, 0.2) is 0 Å². The van der Waals surface area contributed by atoms with Crippen LogP contribution in [0.2, 0.25) is 0 Å². The van der Waals surface area contributed by atoms with Crippen LogP contribution in [0, 0.1) is 5.92 Å². The smallest absolute Gasteiger partial charge is 0.243 e. The van der Waals surface area contributed by atoms with E-state index in [1.165, 1.54) is 49.4 Å². The Hall–Kier alpha value is -1.85.